The topological polar surface area (TPSA) is 75.6 Å². The number of aryl methyl sites for hydroxylation is 1. The zero-order valence-electron chi connectivity index (χ0n) is 10.7. The summed E-state index contributed by atoms with van der Waals surface area (Å²) in [5, 5.41) is 11.3. The Balaban J connectivity index is 2.94. The highest BCUT2D eigenvalue weighted by molar-refractivity contribution is 6.04. The number of amides is 1. The van der Waals surface area contributed by atoms with Gasteiger partial charge in [-0.15, -0.1) is 0 Å². The van der Waals surface area contributed by atoms with Crippen LogP contribution in [0.4, 0.5) is 5.69 Å². The van der Waals surface area contributed by atoms with E-state index in [1.807, 2.05) is 13.0 Å². The molecule has 18 heavy (non-hydrogen) atoms. The third kappa shape index (κ3) is 3.23. The minimum atomic E-state index is -1.15. The normalized spacial score (nSPS) is 11.7. The molecule has 0 saturated carbocycles. The molecule has 1 unspecified atom stereocenters. The molecular formula is C13H17NO4. The van der Waals surface area contributed by atoms with Crippen LogP contribution in [0.3, 0.4) is 0 Å². The molecule has 0 heterocycles. The highest BCUT2D eigenvalue weighted by Crippen LogP contribution is 2.26. The van der Waals surface area contributed by atoms with E-state index in [2.05, 4.69) is 5.32 Å². The van der Waals surface area contributed by atoms with Crippen LogP contribution in [-0.4, -0.2) is 24.1 Å². The van der Waals surface area contributed by atoms with Crippen LogP contribution in [0, 0.1) is 5.92 Å². The predicted octanol–water partition coefficient (Wildman–Crippen LogP) is 1.92. The molecule has 1 aromatic carbocycles. The molecule has 0 aliphatic heterocycles. The Labute approximate surface area is 106 Å². The van der Waals surface area contributed by atoms with Gasteiger partial charge >= 0.3 is 5.97 Å². The van der Waals surface area contributed by atoms with Crippen molar-refractivity contribution < 1.29 is 19.4 Å². The Hall–Kier alpha value is -2.04. The average molecular weight is 251 g/mol. The summed E-state index contributed by atoms with van der Waals surface area (Å²) in [7, 11) is 1.50. The lowest BCUT2D eigenvalue weighted by Gasteiger charge is -2.13. The highest BCUT2D eigenvalue weighted by Gasteiger charge is 2.21. The third-order valence-corrected chi connectivity index (χ3v) is 2.69. The van der Waals surface area contributed by atoms with E-state index < -0.39 is 17.8 Å². The maximum absolute atomic E-state index is 11.7. The lowest BCUT2D eigenvalue weighted by Crippen LogP contribution is -2.27. The quantitative estimate of drug-likeness (QED) is 0.784. The molecule has 0 fully saturated rings. The van der Waals surface area contributed by atoms with E-state index in [-0.39, 0.29) is 0 Å². The second-order valence-electron chi connectivity index (χ2n) is 3.94. The van der Waals surface area contributed by atoms with Gasteiger partial charge in [-0.3, -0.25) is 9.59 Å². The van der Waals surface area contributed by atoms with Crippen LogP contribution < -0.4 is 10.1 Å². The van der Waals surface area contributed by atoms with Crippen LogP contribution in [0.5, 0.6) is 5.75 Å². The smallest absolute Gasteiger partial charge is 0.315 e. The zero-order chi connectivity index (χ0) is 13.7. The SMILES string of the molecule is CCc1ccc(OC)c(NC(=O)C(C)C(=O)O)c1. The molecule has 98 valence electrons. The molecule has 0 aromatic heterocycles. The summed E-state index contributed by atoms with van der Waals surface area (Å²) in [6, 6.07) is 5.43. The number of carbonyl (C=O) groups is 2. The largest absolute Gasteiger partial charge is 0.495 e. The molecule has 1 rings (SSSR count). The number of methoxy groups -OCH3 is 1. The van der Waals surface area contributed by atoms with E-state index >= 15 is 0 Å². The lowest BCUT2D eigenvalue weighted by atomic mass is 10.1. The van der Waals surface area contributed by atoms with Crippen molar-refractivity contribution in [3.05, 3.63) is 23.8 Å². The molecular weight excluding hydrogens is 234 g/mol. The summed E-state index contributed by atoms with van der Waals surface area (Å²) < 4.78 is 5.12. The van der Waals surface area contributed by atoms with Gasteiger partial charge in [0.05, 0.1) is 12.8 Å². The number of carboxylic acids is 1. The van der Waals surface area contributed by atoms with E-state index in [0.29, 0.717) is 11.4 Å². The van der Waals surface area contributed by atoms with Gasteiger partial charge in [-0.25, -0.2) is 0 Å². The summed E-state index contributed by atoms with van der Waals surface area (Å²) in [5.74, 6) is -2.30. The second kappa shape index (κ2) is 6.05. The van der Waals surface area contributed by atoms with Crippen molar-refractivity contribution in [1.82, 2.24) is 0 Å². The number of aliphatic carboxylic acids is 1. The van der Waals surface area contributed by atoms with Gasteiger partial charge in [0, 0.05) is 0 Å². The number of nitrogens with one attached hydrogen (secondary N) is 1. The van der Waals surface area contributed by atoms with Crippen LogP contribution >= 0.6 is 0 Å². The third-order valence-electron chi connectivity index (χ3n) is 2.69. The summed E-state index contributed by atoms with van der Waals surface area (Å²) in [4.78, 5) is 22.4. The molecule has 5 nitrogen and oxygen atoms in total. The summed E-state index contributed by atoms with van der Waals surface area (Å²) in [6.45, 7) is 3.33. The zero-order valence-corrected chi connectivity index (χ0v) is 10.7. The lowest BCUT2D eigenvalue weighted by molar-refractivity contribution is -0.144. The summed E-state index contributed by atoms with van der Waals surface area (Å²) in [5.41, 5.74) is 1.53. The van der Waals surface area contributed by atoms with Gasteiger partial charge in [0.2, 0.25) is 5.91 Å². The molecule has 1 atom stereocenters. The highest BCUT2D eigenvalue weighted by atomic mass is 16.5. The Morgan fingerprint density at radius 3 is 2.61 bits per heavy atom. The van der Waals surface area contributed by atoms with Crippen LogP contribution in [0.15, 0.2) is 18.2 Å². The molecule has 0 radical (unpaired) electrons. The predicted molar refractivity (Wildman–Crippen MR) is 67.8 cm³/mol. The Bertz CT molecular complexity index is 456. The summed E-state index contributed by atoms with van der Waals surface area (Å²) in [6.07, 6.45) is 0.821. The molecule has 1 aromatic rings. The van der Waals surface area contributed by atoms with Gasteiger partial charge in [-0.05, 0) is 31.0 Å². The monoisotopic (exact) mass is 251 g/mol. The van der Waals surface area contributed by atoms with E-state index in [1.54, 1.807) is 12.1 Å². The number of carboxylic acid groups (broad SMARTS) is 1. The fourth-order valence-electron chi connectivity index (χ4n) is 1.43. The van der Waals surface area contributed by atoms with Crippen molar-refractivity contribution in [2.75, 3.05) is 12.4 Å². The summed E-state index contributed by atoms with van der Waals surface area (Å²) >= 11 is 0. The van der Waals surface area contributed by atoms with Gasteiger partial charge in [-0.2, -0.15) is 0 Å². The fourth-order valence-corrected chi connectivity index (χ4v) is 1.43. The Kier molecular flexibility index (Phi) is 4.71. The Morgan fingerprint density at radius 1 is 1.44 bits per heavy atom. The standard InChI is InChI=1S/C13H17NO4/c1-4-9-5-6-11(18-3)10(7-9)14-12(15)8(2)13(16)17/h5-8H,4H2,1-3H3,(H,14,15)(H,16,17). The number of carbonyl (C=O) groups excluding carboxylic acids is 1. The van der Waals surface area contributed by atoms with Crippen molar-refractivity contribution in [2.45, 2.75) is 20.3 Å². The number of benzene rings is 1. The first-order valence-corrected chi connectivity index (χ1v) is 5.70. The van der Waals surface area contributed by atoms with Crippen molar-refractivity contribution in [3.63, 3.8) is 0 Å². The van der Waals surface area contributed by atoms with E-state index in [4.69, 9.17) is 9.84 Å². The first-order valence-electron chi connectivity index (χ1n) is 5.70. The molecule has 0 aliphatic carbocycles. The molecule has 0 aliphatic rings. The first-order chi connectivity index (χ1) is 8.49. The maximum Gasteiger partial charge on any atom is 0.315 e. The second-order valence-corrected chi connectivity index (χ2v) is 3.94. The van der Waals surface area contributed by atoms with Crippen LogP contribution in [0.2, 0.25) is 0 Å². The van der Waals surface area contributed by atoms with Gasteiger partial charge in [0.15, 0.2) is 0 Å². The Morgan fingerprint density at radius 2 is 2.11 bits per heavy atom. The minimum Gasteiger partial charge on any atom is -0.495 e. The maximum atomic E-state index is 11.7. The minimum absolute atomic E-state index is 0.495. The first kappa shape index (κ1) is 14.0. The molecule has 5 heteroatoms. The molecule has 2 N–H and O–H groups in total. The molecule has 1 amide bonds. The van der Waals surface area contributed by atoms with E-state index in [9.17, 15) is 9.59 Å². The fraction of sp³-hybridized carbons (Fsp3) is 0.385. The van der Waals surface area contributed by atoms with Crippen molar-refractivity contribution >= 4 is 17.6 Å². The number of hydrogen-bond donors (Lipinski definition) is 2. The van der Waals surface area contributed by atoms with E-state index in [1.165, 1.54) is 14.0 Å². The van der Waals surface area contributed by atoms with Crippen molar-refractivity contribution in [3.8, 4) is 5.75 Å². The van der Waals surface area contributed by atoms with Crippen molar-refractivity contribution in [1.29, 1.82) is 0 Å². The van der Waals surface area contributed by atoms with Gasteiger partial charge < -0.3 is 15.2 Å². The molecule has 0 spiro atoms. The van der Waals surface area contributed by atoms with Gasteiger partial charge in [-0.1, -0.05) is 13.0 Å². The average Bonchev–Trinajstić information content (AvgIpc) is 2.37. The van der Waals surface area contributed by atoms with Crippen LogP contribution in [-0.2, 0) is 16.0 Å². The van der Waals surface area contributed by atoms with Crippen LogP contribution in [0.1, 0.15) is 19.4 Å². The number of anilines is 1. The number of rotatable bonds is 5. The van der Waals surface area contributed by atoms with E-state index in [0.717, 1.165) is 12.0 Å². The molecule has 0 bridgehead atoms. The molecule has 0 saturated heterocycles. The number of hydrogen-bond acceptors (Lipinski definition) is 3. The van der Waals surface area contributed by atoms with Crippen molar-refractivity contribution in [2.24, 2.45) is 5.92 Å². The van der Waals surface area contributed by atoms with Gasteiger partial charge in [0.1, 0.15) is 11.7 Å². The van der Waals surface area contributed by atoms with Gasteiger partial charge in [0.25, 0.3) is 0 Å². The number of ether oxygens (including phenoxy) is 1. The van der Waals surface area contributed by atoms with Crippen LogP contribution in [0.25, 0.3) is 0 Å².